The second-order valence-corrected chi connectivity index (χ2v) is 7.82. The summed E-state index contributed by atoms with van der Waals surface area (Å²) in [5, 5.41) is 19.6. The van der Waals surface area contributed by atoms with Gasteiger partial charge in [-0.25, -0.2) is 0 Å². The van der Waals surface area contributed by atoms with Crippen LogP contribution in [0.3, 0.4) is 0 Å². The lowest BCUT2D eigenvalue weighted by Crippen LogP contribution is -2.31. The number of non-ortho nitro benzene ring substituents is 1. The molecule has 1 atom stereocenters. The predicted octanol–water partition coefficient (Wildman–Crippen LogP) is 4.24. The quantitative estimate of drug-likeness (QED) is 0.357. The second kappa shape index (κ2) is 10.0. The molecule has 0 saturated carbocycles. The molecule has 2 aromatic carbocycles. The van der Waals surface area contributed by atoms with E-state index < -0.39 is 4.92 Å². The van der Waals surface area contributed by atoms with E-state index in [0.29, 0.717) is 17.3 Å². The van der Waals surface area contributed by atoms with Crippen molar-refractivity contribution in [2.75, 3.05) is 7.11 Å². The van der Waals surface area contributed by atoms with Gasteiger partial charge < -0.3 is 4.74 Å². The van der Waals surface area contributed by atoms with Gasteiger partial charge in [0.1, 0.15) is 5.75 Å². The smallest absolute Gasteiger partial charge is 0.270 e. The number of carbonyl (C=O) groups excluding carboxylic acids is 1. The van der Waals surface area contributed by atoms with Crippen LogP contribution in [0.15, 0.2) is 58.7 Å². The zero-order valence-corrected chi connectivity index (χ0v) is 17.5. The highest BCUT2D eigenvalue weighted by Gasteiger charge is 2.37. The van der Waals surface area contributed by atoms with Crippen LogP contribution in [0.1, 0.15) is 30.9 Å². The SMILES string of the molecule is CCC[C@@H]1S/C(=N/N=C\c2cccc([N+](=O)[O-])c2)N(Cc2ccc(OC)cc2)C1=O. The van der Waals surface area contributed by atoms with E-state index in [1.807, 2.05) is 31.2 Å². The van der Waals surface area contributed by atoms with Crippen molar-refractivity contribution >= 4 is 34.7 Å². The van der Waals surface area contributed by atoms with Crippen LogP contribution in [0.25, 0.3) is 0 Å². The number of nitro benzene ring substituents is 1. The Hall–Kier alpha value is -3.20. The van der Waals surface area contributed by atoms with Gasteiger partial charge in [-0.05, 0) is 24.1 Å². The van der Waals surface area contributed by atoms with Crippen molar-refractivity contribution in [2.24, 2.45) is 10.2 Å². The maximum Gasteiger partial charge on any atom is 0.270 e. The molecule has 156 valence electrons. The third-order valence-corrected chi connectivity index (χ3v) is 5.74. The van der Waals surface area contributed by atoms with Crippen LogP contribution in [-0.4, -0.2) is 39.5 Å². The lowest BCUT2D eigenvalue weighted by molar-refractivity contribution is -0.384. The Kier molecular flexibility index (Phi) is 7.18. The number of carbonyl (C=O) groups is 1. The van der Waals surface area contributed by atoms with E-state index in [2.05, 4.69) is 10.2 Å². The first-order chi connectivity index (χ1) is 14.5. The average Bonchev–Trinajstić information content (AvgIpc) is 3.04. The highest BCUT2D eigenvalue weighted by molar-refractivity contribution is 8.15. The molecule has 0 bridgehead atoms. The van der Waals surface area contributed by atoms with Gasteiger partial charge in [0.15, 0.2) is 5.17 Å². The maximum atomic E-state index is 12.9. The van der Waals surface area contributed by atoms with Gasteiger partial charge in [-0.2, -0.15) is 5.10 Å². The van der Waals surface area contributed by atoms with Gasteiger partial charge >= 0.3 is 0 Å². The van der Waals surface area contributed by atoms with Gasteiger partial charge in [-0.3, -0.25) is 19.8 Å². The summed E-state index contributed by atoms with van der Waals surface area (Å²) in [6.07, 6.45) is 3.10. The fraction of sp³-hybridized carbons (Fsp3) is 0.286. The molecular weight excluding hydrogens is 404 g/mol. The maximum absolute atomic E-state index is 12.9. The van der Waals surface area contributed by atoms with E-state index in [1.165, 1.54) is 30.1 Å². The van der Waals surface area contributed by atoms with Crippen LogP contribution < -0.4 is 4.74 Å². The number of hydrogen-bond donors (Lipinski definition) is 0. The Morgan fingerprint density at radius 1 is 1.27 bits per heavy atom. The minimum absolute atomic E-state index is 0.0128. The van der Waals surface area contributed by atoms with Crippen molar-refractivity contribution in [3.05, 3.63) is 69.8 Å². The number of benzene rings is 2. The normalized spacial score (nSPS) is 17.8. The van der Waals surface area contributed by atoms with E-state index in [9.17, 15) is 14.9 Å². The minimum atomic E-state index is -0.458. The van der Waals surface area contributed by atoms with Crippen LogP contribution in [0.5, 0.6) is 5.75 Å². The monoisotopic (exact) mass is 426 g/mol. The standard InChI is InChI=1S/C21H22N4O4S/c1-3-5-19-20(26)24(14-15-8-10-18(29-2)11-9-15)21(30-19)23-22-13-16-6-4-7-17(12-16)25(27)28/h4,6-13,19H,3,5,14H2,1-2H3/b22-13-,23-21+/t19-/m0/s1. The van der Waals surface area contributed by atoms with Gasteiger partial charge in [-0.1, -0.05) is 49.4 Å². The lowest BCUT2D eigenvalue weighted by Gasteiger charge is -2.16. The minimum Gasteiger partial charge on any atom is -0.497 e. The van der Waals surface area contributed by atoms with Gasteiger partial charge in [0.2, 0.25) is 5.91 Å². The summed E-state index contributed by atoms with van der Waals surface area (Å²) in [5.74, 6) is 0.766. The third-order valence-electron chi connectivity index (χ3n) is 4.50. The van der Waals surface area contributed by atoms with Crippen LogP contribution in [0.4, 0.5) is 5.69 Å². The van der Waals surface area contributed by atoms with Gasteiger partial charge in [0, 0.05) is 17.7 Å². The molecule has 0 aliphatic carbocycles. The first-order valence-corrected chi connectivity index (χ1v) is 10.4. The Balaban J connectivity index is 1.80. The number of amides is 1. The van der Waals surface area contributed by atoms with Crippen molar-refractivity contribution in [1.29, 1.82) is 0 Å². The van der Waals surface area contributed by atoms with Crippen molar-refractivity contribution in [3.63, 3.8) is 0 Å². The van der Waals surface area contributed by atoms with Crippen LogP contribution in [0, 0.1) is 10.1 Å². The van der Waals surface area contributed by atoms with Crippen LogP contribution >= 0.6 is 11.8 Å². The summed E-state index contributed by atoms with van der Waals surface area (Å²) in [5.41, 5.74) is 1.51. The molecule has 0 aromatic heterocycles. The van der Waals surface area contributed by atoms with Crippen molar-refractivity contribution in [2.45, 2.75) is 31.6 Å². The zero-order valence-electron chi connectivity index (χ0n) is 16.7. The van der Waals surface area contributed by atoms with Crippen molar-refractivity contribution < 1.29 is 14.5 Å². The summed E-state index contributed by atoms with van der Waals surface area (Å²) in [7, 11) is 1.61. The molecule has 1 aliphatic rings. The van der Waals surface area contributed by atoms with Crippen LogP contribution in [0.2, 0.25) is 0 Å². The molecule has 8 nitrogen and oxygen atoms in total. The Morgan fingerprint density at radius 3 is 2.70 bits per heavy atom. The lowest BCUT2D eigenvalue weighted by atomic mass is 10.2. The second-order valence-electron chi connectivity index (χ2n) is 6.65. The number of ether oxygens (including phenoxy) is 1. The summed E-state index contributed by atoms with van der Waals surface area (Å²) < 4.78 is 5.18. The largest absolute Gasteiger partial charge is 0.497 e. The molecule has 3 rings (SSSR count). The number of methoxy groups -OCH3 is 1. The predicted molar refractivity (Wildman–Crippen MR) is 118 cm³/mol. The number of nitrogens with zero attached hydrogens (tertiary/aromatic N) is 4. The summed E-state index contributed by atoms with van der Waals surface area (Å²) >= 11 is 1.40. The number of nitro groups is 1. The third kappa shape index (κ3) is 5.24. The summed E-state index contributed by atoms with van der Waals surface area (Å²) in [6.45, 7) is 2.43. The van der Waals surface area contributed by atoms with E-state index in [1.54, 1.807) is 24.1 Å². The Bertz CT molecular complexity index is 975. The van der Waals surface area contributed by atoms with Crippen LogP contribution in [-0.2, 0) is 11.3 Å². The molecule has 30 heavy (non-hydrogen) atoms. The summed E-state index contributed by atoms with van der Waals surface area (Å²) in [6, 6.07) is 13.7. The van der Waals surface area contributed by atoms with E-state index in [0.717, 1.165) is 24.2 Å². The number of thioether (sulfide) groups is 1. The first kappa shape index (κ1) is 21.5. The molecule has 0 radical (unpaired) electrons. The molecular formula is C21H22N4O4S. The van der Waals surface area contributed by atoms with E-state index in [4.69, 9.17) is 4.74 Å². The Labute approximate surface area is 178 Å². The number of rotatable bonds is 8. The molecule has 1 heterocycles. The number of hydrogen-bond acceptors (Lipinski definition) is 7. The summed E-state index contributed by atoms with van der Waals surface area (Å²) in [4.78, 5) is 24.9. The van der Waals surface area contributed by atoms with Gasteiger partial charge in [0.05, 0.1) is 30.0 Å². The first-order valence-electron chi connectivity index (χ1n) is 9.48. The molecule has 0 unspecified atom stereocenters. The average molecular weight is 426 g/mol. The topological polar surface area (TPSA) is 97.4 Å². The molecule has 2 aromatic rings. The number of amidine groups is 1. The van der Waals surface area contributed by atoms with Gasteiger partial charge in [-0.15, -0.1) is 5.10 Å². The highest BCUT2D eigenvalue weighted by Crippen LogP contribution is 2.32. The fourth-order valence-corrected chi connectivity index (χ4v) is 4.17. The molecule has 1 aliphatic heterocycles. The molecule has 1 fully saturated rings. The van der Waals surface area contributed by atoms with Gasteiger partial charge in [0.25, 0.3) is 5.69 Å². The molecule has 9 heteroatoms. The van der Waals surface area contributed by atoms with Crippen molar-refractivity contribution in [3.8, 4) is 5.75 Å². The van der Waals surface area contributed by atoms with E-state index >= 15 is 0 Å². The molecule has 1 amide bonds. The molecule has 0 spiro atoms. The highest BCUT2D eigenvalue weighted by atomic mass is 32.2. The Morgan fingerprint density at radius 2 is 2.03 bits per heavy atom. The molecule has 1 saturated heterocycles. The fourth-order valence-electron chi connectivity index (χ4n) is 2.95. The van der Waals surface area contributed by atoms with Crippen molar-refractivity contribution in [1.82, 2.24) is 4.90 Å². The zero-order chi connectivity index (χ0) is 21.5. The van der Waals surface area contributed by atoms with E-state index in [-0.39, 0.29) is 16.8 Å². The molecule has 0 N–H and O–H groups in total.